The van der Waals surface area contributed by atoms with Crippen LogP contribution < -0.4 is 5.32 Å². The fourth-order valence-electron chi connectivity index (χ4n) is 2.10. The molecule has 0 spiro atoms. The Labute approximate surface area is 125 Å². The lowest BCUT2D eigenvalue weighted by atomic mass is 10.2. The zero-order chi connectivity index (χ0) is 15.1. The molecule has 0 aliphatic rings. The first-order valence-electron chi connectivity index (χ1n) is 7.17. The van der Waals surface area contributed by atoms with Crippen molar-refractivity contribution in [2.75, 3.05) is 25.0 Å². The lowest BCUT2D eigenvalue weighted by molar-refractivity contribution is 0.0701. The summed E-state index contributed by atoms with van der Waals surface area (Å²) in [6.07, 6.45) is 2.18. The number of nitrogens with one attached hydrogen (secondary N) is 1. The average Bonchev–Trinajstić information content (AvgIpc) is 2.75. The van der Waals surface area contributed by atoms with E-state index in [0.717, 1.165) is 32.5 Å². The highest BCUT2D eigenvalue weighted by molar-refractivity contribution is 7.17. The number of carbonyl (C=O) groups is 1. The maximum absolute atomic E-state index is 11.0. The van der Waals surface area contributed by atoms with Crippen LogP contribution in [0.3, 0.4) is 0 Å². The normalized spacial score (nSPS) is 12.7. The molecule has 1 unspecified atom stereocenters. The molecule has 1 aromatic rings. The quantitative estimate of drug-likeness (QED) is 0.733. The third kappa shape index (κ3) is 5.09. The smallest absolute Gasteiger partial charge is 0.347 e. The highest BCUT2D eigenvalue weighted by atomic mass is 32.1. The van der Waals surface area contributed by atoms with Crippen molar-refractivity contribution in [3.63, 3.8) is 0 Å². The largest absolute Gasteiger partial charge is 0.477 e. The monoisotopic (exact) mass is 299 g/mol. The van der Waals surface area contributed by atoms with Crippen molar-refractivity contribution < 1.29 is 9.90 Å². The molecule has 114 valence electrons. The molecule has 0 aromatic carbocycles. The van der Waals surface area contributed by atoms with Gasteiger partial charge in [-0.15, -0.1) is 0 Å². The van der Waals surface area contributed by atoms with Crippen LogP contribution in [0.1, 0.15) is 49.0 Å². The Morgan fingerprint density at radius 1 is 1.45 bits per heavy atom. The van der Waals surface area contributed by atoms with Crippen LogP contribution in [0, 0.1) is 6.92 Å². The first kappa shape index (κ1) is 16.9. The van der Waals surface area contributed by atoms with E-state index in [0.29, 0.717) is 21.7 Å². The third-order valence-corrected chi connectivity index (χ3v) is 4.44. The molecule has 1 aromatic heterocycles. The van der Waals surface area contributed by atoms with Gasteiger partial charge in [-0.1, -0.05) is 25.2 Å². The molecule has 2 N–H and O–H groups in total. The zero-order valence-electron chi connectivity index (χ0n) is 12.8. The molecular weight excluding hydrogens is 274 g/mol. The molecule has 0 amide bonds. The summed E-state index contributed by atoms with van der Waals surface area (Å²) in [5.74, 6) is -0.901. The van der Waals surface area contributed by atoms with E-state index < -0.39 is 5.97 Å². The molecule has 0 fully saturated rings. The van der Waals surface area contributed by atoms with E-state index in [9.17, 15) is 4.79 Å². The van der Waals surface area contributed by atoms with Crippen LogP contribution in [0.2, 0.25) is 0 Å². The molecule has 0 saturated heterocycles. The Hall–Kier alpha value is -1.14. The van der Waals surface area contributed by atoms with E-state index in [2.05, 4.69) is 36.0 Å². The van der Waals surface area contributed by atoms with Crippen LogP contribution >= 0.6 is 11.3 Å². The molecule has 0 aliphatic heterocycles. The van der Waals surface area contributed by atoms with Crippen molar-refractivity contribution in [3.05, 3.63) is 10.6 Å². The van der Waals surface area contributed by atoms with Crippen molar-refractivity contribution in [3.8, 4) is 0 Å². The molecule has 0 saturated carbocycles. The van der Waals surface area contributed by atoms with Crippen LogP contribution in [-0.2, 0) is 0 Å². The average molecular weight is 299 g/mol. The Balaban J connectivity index is 2.40. The second kappa shape index (κ2) is 8.21. The van der Waals surface area contributed by atoms with E-state index in [4.69, 9.17) is 5.11 Å². The Kier molecular flexibility index (Phi) is 6.95. The first-order chi connectivity index (χ1) is 9.47. The van der Waals surface area contributed by atoms with Gasteiger partial charge >= 0.3 is 5.97 Å². The van der Waals surface area contributed by atoms with Crippen molar-refractivity contribution in [2.45, 2.75) is 46.6 Å². The summed E-state index contributed by atoms with van der Waals surface area (Å²) in [4.78, 5) is 18.0. The minimum atomic E-state index is -0.901. The van der Waals surface area contributed by atoms with Crippen LogP contribution in [0.4, 0.5) is 5.13 Å². The summed E-state index contributed by atoms with van der Waals surface area (Å²) < 4.78 is 0. The summed E-state index contributed by atoms with van der Waals surface area (Å²) in [6.45, 7) is 11.5. The SMILES string of the molecule is CCN(CC)CCCC(C)Nc1nc(C)c(C(=O)O)s1. The van der Waals surface area contributed by atoms with Gasteiger partial charge in [0.15, 0.2) is 5.13 Å². The van der Waals surface area contributed by atoms with Gasteiger partial charge in [-0.05, 0) is 46.3 Å². The lowest BCUT2D eigenvalue weighted by Crippen LogP contribution is -2.25. The number of rotatable bonds is 9. The number of thiazole rings is 1. The fraction of sp³-hybridized carbons (Fsp3) is 0.714. The third-order valence-electron chi connectivity index (χ3n) is 3.37. The number of aryl methyl sites for hydroxylation is 1. The maximum Gasteiger partial charge on any atom is 0.347 e. The highest BCUT2D eigenvalue weighted by Crippen LogP contribution is 2.23. The predicted molar refractivity (Wildman–Crippen MR) is 83.9 cm³/mol. The summed E-state index contributed by atoms with van der Waals surface area (Å²) in [6, 6.07) is 0.303. The Bertz CT molecular complexity index is 430. The summed E-state index contributed by atoms with van der Waals surface area (Å²) >= 11 is 1.21. The van der Waals surface area contributed by atoms with Gasteiger partial charge in [0, 0.05) is 6.04 Å². The molecule has 1 atom stereocenters. The van der Waals surface area contributed by atoms with Gasteiger partial charge in [0.1, 0.15) is 4.88 Å². The van der Waals surface area contributed by atoms with Gasteiger partial charge in [0.2, 0.25) is 0 Å². The second-order valence-electron chi connectivity index (χ2n) is 4.95. The number of anilines is 1. The van der Waals surface area contributed by atoms with Crippen LogP contribution in [-0.4, -0.2) is 46.6 Å². The van der Waals surface area contributed by atoms with Crippen LogP contribution in [0.5, 0.6) is 0 Å². The van der Waals surface area contributed by atoms with Gasteiger partial charge in [-0.3, -0.25) is 0 Å². The van der Waals surface area contributed by atoms with E-state index >= 15 is 0 Å². The molecule has 0 radical (unpaired) electrons. The number of carboxylic acid groups (broad SMARTS) is 1. The predicted octanol–water partition coefficient (Wildman–Crippen LogP) is 3.07. The van der Waals surface area contributed by atoms with E-state index in [-0.39, 0.29) is 0 Å². The number of hydrogen-bond donors (Lipinski definition) is 2. The van der Waals surface area contributed by atoms with Crippen LogP contribution in [0.25, 0.3) is 0 Å². The number of hydrogen-bond acceptors (Lipinski definition) is 5. The first-order valence-corrected chi connectivity index (χ1v) is 7.99. The second-order valence-corrected chi connectivity index (χ2v) is 5.95. The summed E-state index contributed by atoms with van der Waals surface area (Å²) in [5.41, 5.74) is 0.584. The molecule has 0 bridgehead atoms. The van der Waals surface area contributed by atoms with Gasteiger partial charge in [0.25, 0.3) is 0 Å². The molecule has 1 rings (SSSR count). The van der Waals surface area contributed by atoms with Crippen molar-refractivity contribution >= 4 is 22.4 Å². The summed E-state index contributed by atoms with van der Waals surface area (Å²) in [7, 11) is 0. The Morgan fingerprint density at radius 2 is 2.10 bits per heavy atom. The number of aromatic carboxylic acids is 1. The lowest BCUT2D eigenvalue weighted by Gasteiger charge is -2.19. The summed E-state index contributed by atoms with van der Waals surface area (Å²) in [5, 5.41) is 13.0. The molecule has 5 nitrogen and oxygen atoms in total. The van der Waals surface area contributed by atoms with E-state index in [1.54, 1.807) is 6.92 Å². The number of aromatic nitrogens is 1. The molecule has 20 heavy (non-hydrogen) atoms. The van der Waals surface area contributed by atoms with Gasteiger partial charge in [0.05, 0.1) is 5.69 Å². The topological polar surface area (TPSA) is 65.5 Å². The molecular formula is C14H25N3O2S. The minimum absolute atomic E-state index is 0.303. The molecule has 1 heterocycles. The number of carboxylic acids is 1. The fourth-order valence-corrected chi connectivity index (χ4v) is 3.02. The zero-order valence-corrected chi connectivity index (χ0v) is 13.6. The minimum Gasteiger partial charge on any atom is -0.477 e. The highest BCUT2D eigenvalue weighted by Gasteiger charge is 2.15. The molecule has 6 heteroatoms. The van der Waals surface area contributed by atoms with E-state index in [1.165, 1.54) is 11.3 Å². The van der Waals surface area contributed by atoms with E-state index in [1.807, 2.05) is 0 Å². The standard InChI is InChI=1S/C14H25N3O2S/c1-5-17(6-2)9-7-8-10(3)15-14-16-11(4)12(20-14)13(18)19/h10H,5-9H2,1-4H3,(H,15,16)(H,18,19). The number of nitrogens with zero attached hydrogens (tertiary/aromatic N) is 2. The molecule has 0 aliphatic carbocycles. The van der Waals surface area contributed by atoms with Crippen molar-refractivity contribution in [2.24, 2.45) is 0 Å². The Morgan fingerprint density at radius 3 is 2.60 bits per heavy atom. The van der Waals surface area contributed by atoms with Crippen molar-refractivity contribution in [1.82, 2.24) is 9.88 Å². The maximum atomic E-state index is 11.0. The van der Waals surface area contributed by atoms with Crippen molar-refractivity contribution in [1.29, 1.82) is 0 Å². The van der Waals surface area contributed by atoms with Gasteiger partial charge < -0.3 is 15.3 Å². The van der Waals surface area contributed by atoms with Gasteiger partial charge in [-0.25, -0.2) is 9.78 Å². The van der Waals surface area contributed by atoms with Gasteiger partial charge in [-0.2, -0.15) is 0 Å². The van der Waals surface area contributed by atoms with Crippen LogP contribution in [0.15, 0.2) is 0 Å².